The van der Waals surface area contributed by atoms with E-state index in [4.69, 9.17) is 11.0 Å². The largest absolute Gasteiger partial charge is 0.327 e. The molecule has 100 valence electrons. The van der Waals surface area contributed by atoms with E-state index < -0.39 is 12.2 Å². The first kappa shape index (κ1) is 13.3. The fourth-order valence-electron chi connectivity index (χ4n) is 3.01. The normalized spacial score (nSPS) is 36.4. The van der Waals surface area contributed by atoms with Crippen molar-refractivity contribution >= 4 is 5.91 Å². The minimum Gasteiger partial charge on any atom is -0.327 e. The van der Waals surface area contributed by atoms with Crippen molar-refractivity contribution in [3.63, 3.8) is 0 Å². The molecule has 1 aliphatic carbocycles. The quantitative estimate of drug-likeness (QED) is 0.807. The molecule has 5 heteroatoms. The number of halogens is 1. The van der Waals surface area contributed by atoms with Crippen LogP contribution in [0.3, 0.4) is 0 Å². The summed E-state index contributed by atoms with van der Waals surface area (Å²) in [5.74, 6) is 0.0910. The maximum absolute atomic E-state index is 13.3. The third-order valence-electron chi connectivity index (χ3n) is 4.12. The summed E-state index contributed by atoms with van der Waals surface area (Å²) in [6.45, 7) is 0.0685. The van der Waals surface area contributed by atoms with Gasteiger partial charge in [0, 0.05) is 18.9 Å². The monoisotopic (exact) mass is 253 g/mol. The van der Waals surface area contributed by atoms with Crippen molar-refractivity contribution in [1.82, 2.24) is 4.90 Å². The fraction of sp³-hybridized carbons (Fsp3) is 0.846. The van der Waals surface area contributed by atoms with Gasteiger partial charge in [-0.1, -0.05) is 12.8 Å². The second-order valence-corrected chi connectivity index (χ2v) is 5.44. The number of rotatable bonds is 2. The van der Waals surface area contributed by atoms with Crippen molar-refractivity contribution in [3.05, 3.63) is 0 Å². The molecule has 1 saturated carbocycles. The lowest BCUT2D eigenvalue weighted by Gasteiger charge is -2.30. The zero-order valence-corrected chi connectivity index (χ0v) is 10.5. The third-order valence-corrected chi connectivity index (χ3v) is 4.12. The summed E-state index contributed by atoms with van der Waals surface area (Å²) in [6, 6.07) is 1.49. The summed E-state index contributed by atoms with van der Waals surface area (Å²) >= 11 is 0. The number of amides is 1. The van der Waals surface area contributed by atoms with E-state index in [1.165, 1.54) is 4.90 Å². The van der Waals surface area contributed by atoms with Crippen LogP contribution in [0.4, 0.5) is 4.39 Å². The van der Waals surface area contributed by atoms with E-state index in [-0.39, 0.29) is 30.8 Å². The molecule has 0 spiro atoms. The number of nitrogens with two attached hydrogens (primary N) is 1. The summed E-state index contributed by atoms with van der Waals surface area (Å²) < 4.78 is 13.3. The van der Waals surface area contributed by atoms with Gasteiger partial charge in [0.05, 0.1) is 12.6 Å². The summed E-state index contributed by atoms with van der Waals surface area (Å²) in [6.07, 6.45) is 3.63. The van der Waals surface area contributed by atoms with Crippen molar-refractivity contribution in [1.29, 1.82) is 5.26 Å². The summed E-state index contributed by atoms with van der Waals surface area (Å²) in [4.78, 5) is 13.5. The van der Waals surface area contributed by atoms with Gasteiger partial charge in [-0.05, 0) is 18.8 Å². The predicted molar refractivity (Wildman–Crippen MR) is 65.2 cm³/mol. The minimum atomic E-state index is -1.06. The maximum atomic E-state index is 13.3. The molecular weight excluding hydrogens is 233 g/mol. The molecule has 2 aliphatic rings. The zero-order chi connectivity index (χ0) is 13.1. The maximum Gasteiger partial charge on any atom is 0.224 e. The molecule has 1 heterocycles. The number of nitrogens with zero attached hydrogens (tertiary/aromatic N) is 2. The Bertz CT molecular complexity index is 355. The van der Waals surface area contributed by atoms with Crippen LogP contribution in [0, 0.1) is 17.2 Å². The Labute approximate surface area is 107 Å². The molecule has 2 fully saturated rings. The molecule has 1 amide bonds. The molecule has 1 saturated heterocycles. The topological polar surface area (TPSA) is 70.1 Å². The van der Waals surface area contributed by atoms with Crippen molar-refractivity contribution in [2.24, 2.45) is 11.7 Å². The van der Waals surface area contributed by atoms with Crippen molar-refractivity contribution in [3.8, 4) is 6.07 Å². The number of carbonyl (C=O) groups is 1. The van der Waals surface area contributed by atoms with Gasteiger partial charge in [-0.25, -0.2) is 4.39 Å². The van der Waals surface area contributed by atoms with Crippen molar-refractivity contribution in [2.75, 3.05) is 6.54 Å². The van der Waals surface area contributed by atoms with Gasteiger partial charge in [-0.2, -0.15) is 5.26 Å². The molecule has 0 aromatic heterocycles. The van der Waals surface area contributed by atoms with E-state index >= 15 is 0 Å². The van der Waals surface area contributed by atoms with Gasteiger partial charge in [0.15, 0.2) is 0 Å². The van der Waals surface area contributed by atoms with Crippen LogP contribution in [0.25, 0.3) is 0 Å². The number of hydrogen-bond donors (Lipinski definition) is 1. The standard InChI is InChI=1S/C13H20FN3O/c14-10-6-11(7-15)17(8-10)13(18)5-9-3-1-2-4-12(9)16/h9-12H,1-6,8,16H2/t9-,10-,11-,12-/m0/s1. The smallest absolute Gasteiger partial charge is 0.224 e. The molecule has 0 radical (unpaired) electrons. The van der Waals surface area contributed by atoms with Crippen LogP contribution in [0.1, 0.15) is 38.5 Å². The number of nitriles is 1. The average Bonchev–Trinajstić information content (AvgIpc) is 2.73. The predicted octanol–water partition coefficient (Wildman–Crippen LogP) is 1.36. The van der Waals surface area contributed by atoms with Gasteiger partial charge in [0.2, 0.25) is 5.91 Å². The van der Waals surface area contributed by atoms with Crippen molar-refractivity contribution < 1.29 is 9.18 Å². The van der Waals surface area contributed by atoms with E-state index in [0.717, 1.165) is 25.7 Å². The molecule has 1 aliphatic heterocycles. The first-order chi connectivity index (χ1) is 8.61. The fourth-order valence-corrected chi connectivity index (χ4v) is 3.01. The summed E-state index contributed by atoms with van der Waals surface area (Å²) in [7, 11) is 0. The highest BCUT2D eigenvalue weighted by Gasteiger charge is 2.36. The Kier molecular flexibility index (Phi) is 4.18. The van der Waals surface area contributed by atoms with Crippen LogP contribution < -0.4 is 5.73 Å². The Morgan fingerprint density at radius 1 is 1.44 bits per heavy atom. The minimum absolute atomic E-state index is 0.0685. The zero-order valence-electron chi connectivity index (χ0n) is 10.5. The van der Waals surface area contributed by atoms with Crippen molar-refractivity contribution in [2.45, 2.75) is 56.8 Å². The molecule has 0 unspecified atom stereocenters. The first-order valence-electron chi connectivity index (χ1n) is 6.70. The van der Waals surface area contributed by atoms with Crippen LogP contribution >= 0.6 is 0 Å². The van der Waals surface area contributed by atoms with Crippen LogP contribution in [0.5, 0.6) is 0 Å². The van der Waals surface area contributed by atoms with Gasteiger partial charge in [-0.3, -0.25) is 4.79 Å². The van der Waals surface area contributed by atoms with Gasteiger partial charge in [0.1, 0.15) is 12.2 Å². The molecular formula is C13H20FN3O. The molecule has 0 aromatic rings. The number of hydrogen-bond acceptors (Lipinski definition) is 3. The lowest BCUT2D eigenvalue weighted by molar-refractivity contribution is -0.132. The molecule has 4 nitrogen and oxygen atoms in total. The van der Waals surface area contributed by atoms with Gasteiger partial charge < -0.3 is 10.6 Å². The van der Waals surface area contributed by atoms with E-state index in [1.807, 2.05) is 6.07 Å². The number of alkyl halides is 1. The molecule has 2 rings (SSSR count). The SMILES string of the molecule is N#C[C@@H]1C[C@H](F)CN1C(=O)C[C@@H]1CCCC[C@@H]1N. The number of carbonyl (C=O) groups excluding carboxylic acids is 1. The highest BCUT2D eigenvalue weighted by atomic mass is 19.1. The molecule has 4 atom stereocenters. The lowest BCUT2D eigenvalue weighted by Crippen LogP contribution is -2.40. The van der Waals surface area contributed by atoms with E-state index in [0.29, 0.717) is 6.42 Å². The Morgan fingerprint density at radius 3 is 2.83 bits per heavy atom. The average molecular weight is 253 g/mol. The van der Waals surface area contributed by atoms with Crippen LogP contribution in [-0.4, -0.2) is 35.6 Å². The van der Waals surface area contributed by atoms with Gasteiger partial charge in [-0.15, -0.1) is 0 Å². The highest BCUT2D eigenvalue weighted by Crippen LogP contribution is 2.28. The highest BCUT2D eigenvalue weighted by molar-refractivity contribution is 5.77. The van der Waals surface area contributed by atoms with Crippen LogP contribution in [-0.2, 0) is 4.79 Å². The second kappa shape index (κ2) is 5.66. The van der Waals surface area contributed by atoms with E-state index in [9.17, 15) is 9.18 Å². The Morgan fingerprint density at radius 2 is 2.17 bits per heavy atom. The van der Waals surface area contributed by atoms with E-state index in [1.54, 1.807) is 0 Å². The molecule has 0 aromatic carbocycles. The third kappa shape index (κ3) is 2.81. The van der Waals surface area contributed by atoms with E-state index in [2.05, 4.69) is 0 Å². The molecule has 18 heavy (non-hydrogen) atoms. The van der Waals surface area contributed by atoms with Crippen LogP contribution in [0.15, 0.2) is 0 Å². The Balaban J connectivity index is 1.93. The first-order valence-corrected chi connectivity index (χ1v) is 6.70. The van der Waals surface area contributed by atoms with Crippen LogP contribution in [0.2, 0.25) is 0 Å². The second-order valence-electron chi connectivity index (χ2n) is 5.44. The summed E-state index contributed by atoms with van der Waals surface area (Å²) in [5.41, 5.74) is 6.01. The molecule has 2 N–H and O–H groups in total. The number of likely N-dealkylation sites (tertiary alicyclic amines) is 1. The molecule has 0 bridgehead atoms. The van der Waals surface area contributed by atoms with Gasteiger partial charge >= 0.3 is 0 Å². The lowest BCUT2D eigenvalue weighted by atomic mass is 9.82. The summed E-state index contributed by atoms with van der Waals surface area (Å²) in [5, 5.41) is 8.93. The van der Waals surface area contributed by atoms with Gasteiger partial charge in [0.25, 0.3) is 0 Å². The Hall–Kier alpha value is -1.15.